The van der Waals surface area contributed by atoms with Gasteiger partial charge in [-0.3, -0.25) is 4.79 Å². The van der Waals surface area contributed by atoms with E-state index >= 15 is 0 Å². The maximum atomic E-state index is 12.2. The van der Waals surface area contributed by atoms with E-state index in [1.807, 2.05) is 6.92 Å². The number of rotatable bonds is 5. The molecule has 0 saturated carbocycles. The minimum absolute atomic E-state index is 0.126. The molecule has 0 atom stereocenters. The summed E-state index contributed by atoms with van der Waals surface area (Å²) in [5, 5.41) is 3.19. The molecule has 1 aromatic heterocycles. The summed E-state index contributed by atoms with van der Waals surface area (Å²) in [6.07, 6.45) is 0.0166. The fraction of sp³-hybridized carbons (Fsp3) is 0.450. The van der Waals surface area contributed by atoms with Crippen LogP contribution in [-0.4, -0.2) is 24.2 Å². The van der Waals surface area contributed by atoms with E-state index in [-0.39, 0.29) is 6.42 Å². The Balaban J connectivity index is 1.96. The molecule has 1 amide bonds. The molecule has 0 aliphatic heterocycles. The van der Waals surface area contributed by atoms with E-state index in [1.54, 1.807) is 39.8 Å². The van der Waals surface area contributed by atoms with Gasteiger partial charge in [0.25, 0.3) is 0 Å². The van der Waals surface area contributed by atoms with Crippen LogP contribution in [0.15, 0.2) is 27.4 Å². The first-order chi connectivity index (χ1) is 12.5. The van der Waals surface area contributed by atoms with Gasteiger partial charge in [-0.15, -0.1) is 0 Å². The highest BCUT2D eigenvalue weighted by Gasteiger charge is 2.16. The number of esters is 1. The predicted octanol–water partition coefficient (Wildman–Crippen LogP) is 3.62. The van der Waals surface area contributed by atoms with Gasteiger partial charge in [-0.2, -0.15) is 0 Å². The van der Waals surface area contributed by atoms with Crippen LogP contribution < -0.4 is 15.7 Å². The van der Waals surface area contributed by atoms with Gasteiger partial charge in [-0.25, -0.2) is 9.59 Å². The number of amides is 1. The minimum Gasteiger partial charge on any atom is -0.444 e. The van der Waals surface area contributed by atoms with Crippen LogP contribution in [0.2, 0.25) is 0 Å². The summed E-state index contributed by atoms with van der Waals surface area (Å²) in [6, 6.07) is 4.82. The highest BCUT2D eigenvalue weighted by Crippen LogP contribution is 2.29. The van der Waals surface area contributed by atoms with Gasteiger partial charge in [0.2, 0.25) is 0 Å². The van der Waals surface area contributed by atoms with Crippen molar-refractivity contribution in [3.8, 4) is 5.75 Å². The van der Waals surface area contributed by atoms with E-state index < -0.39 is 23.3 Å². The normalized spacial score (nSPS) is 11.3. The van der Waals surface area contributed by atoms with Gasteiger partial charge in [0, 0.05) is 19.0 Å². The van der Waals surface area contributed by atoms with Gasteiger partial charge in [0.15, 0.2) is 0 Å². The van der Waals surface area contributed by atoms with Crippen molar-refractivity contribution < 1.29 is 23.5 Å². The molecule has 1 N–H and O–H groups in total. The Hall–Kier alpha value is -2.83. The molecule has 1 aromatic carbocycles. The summed E-state index contributed by atoms with van der Waals surface area (Å²) in [4.78, 5) is 35.3. The molecule has 0 saturated heterocycles. The maximum Gasteiger partial charge on any atom is 0.407 e. The first-order valence-electron chi connectivity index (χ1n) is 8.78. The topological polar surface area (TPSA) is 94.8 Å². The first-order valence-corrected chi connectivity index (χ1v) is 8.78. The molecule has 1 heterocycles. The molecule has 27 heavy (non-hydrogen) atoms. The highest BCUT2D eigenvalue weighted by atomic mass is 16.6. The van der Waals surface area contributed by atoms with Gasteiger partial charge in [-0.1, -0.05) is 0 Å². The molecule has 0 aliphatic carbocycles. The van der Waals surface area contributed by atoms with Gasteiger partial charge < -0.3 is 19.2 Å². The molecule has 0 fully saturated rings. The van der Waals surface area contributed by atoms with Crippen molar-refractivity contribution in [2.24, 2.45) is 0 Å². The molecule has 0 bridgehead atoms. The fourth-order valence-electron chi connectivity index (χ4n) is 2.57. The fourth-order valence-corrected chi connectivity index (χ4v) is 2.57. The lowest BCUT2D eigenvalue weighted by Crippen LogP contribution is -2.33. The average molecular weight is 375 g/mol. The summed E-state index contributed by atoms with van der Waals surface area (Å²) in [5.41, 5.74) is 0.856. The predicted molar refractivity (Wildman–Crippen MR) is 101 cm³/mol. The summed E-state index contributed by atoms with van der Waals surface area (Å²) in [7, 11) is 0. The zero-order valence-corrected chi connectivity index (χ0v) is 16.3. The van der Waals surface area contributed by atoms with Crippen LogP contribution >= 0.6 is 0 Å². The zero-order chi connectivity index (χ0) is 20.2. The molecule has 0 aliphatic rings. The van der Waals surface area contributed by atoms with Crippen molar-refractivity contribution in [1.82, 2.24) is 5.32 Å². The second-order valence-corrected chi connectivity index (χ2v) is 7.39. The number of alkyl carbamates (subject to hydrolysis) is 1. The molecule has 0 spiro atoms. The Morgan fingerprint density at radius 2 is 1.85 bits per heavy atom. The summed E-state index contributed by atoms with van der Waals surface area (Å²) < 4.78 is 15.8. The standard InChI is InChI=1S/C20H25NO6/c1-12-9-14(18-13(2)11-17(23)26-15(18)10-12)25-16(22)7-6-8-21-19(24)27-20(3,4)5/h9-11H,6-8H2,1-5H3,(H,21,24). The van der Waals surface area contributed by atoms with Crippen LogP contribution in [0.5, 0.6) is 5.75 Å². The van der Waals surface area contributed by atoms with Crippen LogP contribution in [0.4, 0.5) is 4.79 Å². The number of nitrogens with one attached hydrogen (secondary N) is 1. The molecule has 7 nitrogen and oxygen atoms in total. The number of ether oxygens (including phenoxy) is 2. The minimum atomic E-state index is -0.567. The number of aryl methyl sites for hydroxylation is 2. The van der Waals surface area contributed by atoms with Crippen molar-refractivity contribution in [2.75, 3.05) is 6.54 Å². The van der Waals surface area contributed by atoms with E-state index in [0.717, 1.165) is 5.56 Å². The summed E-state index contributed by atoms with van der Waals surface area (Å²) >= 11 is 0. The van der Waals surface area contributed by atoms with Gasteiger partial charge in [0.05, 0.1) is 5.39 Å². The first kappa shape index (κ1) is 20.5. The Kier molecular flexibility index (Phi) is 6.25. The SMILES string of the molecule is Cc1cc(OC(=O)CCCNC(=O)OC(C)(C)C)c2c(C)cc(=O)oc2c1. The van der Waals surface area contributed by atoms with Crippen molar-refractivity contribution in [2.45, 2.75) is 53.1 Å². The average Bonchev–Trinajstić information content (AvgIpc) is 2.48. The van der Waals surface area contributed by atoms with Crippen molar-refractivity contribution in [3.05, 3.63) is 39.7 Å². The number of hydrogen-bond acceptors (Lipinski definition) is 6. The lowest BCUT2D eigenvalue weighted by molar-refractivity contribution is -0.134. The number of benzene rings is 1. The maximum absolute atomic E-state index is 12.2. The molecule has 2 rings (SSSR count). The number of fused-ring (bicyclic) bond motifs is 1. The Bertz CT molecular complexity index is 907. The molecular formula is C20H25NO6. The van der Waals surface area contributed by atoms with Crippen LogP contribution in [0.3, 0.4) is 0 Å². The second kappa shape index (κ2) is 8.24. The van der Waals surface area contributed by atoms with Gasteiger partial charge in [0.1, 0.15) is 16.9 Å². The molecule has 0 radical (unpaired) electrons. The third-order valence-electron chi connectivity index (χ3n) is 3.60. The summed E-state index contributed by atoms with van der Waals surface area (Å²) in [5.74, 6) is -0.0742. The van der Waals surface area contributed by atoms with Crippen molar-refractivity contribution >= 4 is 23.0 Å². The molecule has 146 valence electrons. The van der Waals surface area contributed by atoms with E-state index in [0.29, 0.717) is 35.2 Å². The van der Waals surface area contributed by atoms with Gasteiger partial charge in [-0.05, 0) is 64.3 Å². The lowest BCUT2D eigenvalue weighted by atomic mass is 10.1. The second-order valence-electron chi connectivity index (χ2n) is 7.39. The van der Waals surface area contributed by atoms with Crippen LogP contribution in [0, 0.1) is 13.8 Å². The molecule has 0 unspecified atom stereocenters. The smallest absolute Gasteiger partial charge is 0.407 e. The monoisotopic (exact) mass is 375 g/mol. The molecule has 2 aromatic rings. The Morgan fingerprint density at radius 1 is 1.15 bits per heavy atom. The van der Waals surface area contributed by atoms with Crippen LogP contribution in [0.1, 0.15) is 44.7 Å². The van der Waals surface area contributed by atoms with E-state index in [1.165, 1.54) is 6.07 Å². The van der Waals surface area contributed by atoms with Gasteiger partial charge >= 0.3 is 17.7 Å². The number of hydrogen-bond donors (Lipinski definition) is 1. The Labute approximate surface area is 157 Å². The quantitative estimate of drug-likeness (QED) is 0.371. The highest BCUT2D eigenvalue weighted by molar-refractivity contribution is 5.89. The van der Waals surface area contributed by atoms with E-state index in [9.17, 15) is 14.4 Å². The number of carbonyl (C=O) groups excluding carboxylic acids is 2. The lowest BCUT2D eigenvalue weighted by Gasteiger charge is -2.19. The Morgan fingerprint density at radius 3 is 2.52 bits per heavy atom. The third-order valence-corrected chi connectivity index (χ3v) is 3.60. The largest absolute Gasteiger partial charge is 0.444 e. The van der Waals surface area contributed by atoms with E-state index in [2.05, 4.69) is 5.32 Å². The zero-order valence-electron chi connectivity index (χ0n) is 16.3. The van der Waals surface area contributed by atoms with E-state index in [4.69, 9.17) is 13.9 Å². The molecule has 7 heteroatoms. The third kappa shape index (κ3) is 6.13. The molecular weight excluding hydrogens is 350 g/mol. The summed E-state index contributed by atoms with van der Waals surface area (Å²) in [6.45, 7) is 9.22. The van der Waals surface area contributed by atoms with Crippen LogP contribution in [-0.2, 0) is 9.53 Å². The van der Waals surface area contributed by atoms with Crippen molar-refractivity contribution in [1.29, 1.82) is 0 Å². The number of carbonyl (C=O) groups is 2. The van der Waals surface area contributed by atoms with Crippen LogP contribution in [0.25, 0.3) is 11.0 Å². The van der Waals surface area contributed by atoms with Crippen molar-refractivity contribution in [3.63, 3.8) is 0 Å².